The molecule has 0 aliphatic rings. The van der Waals surface area contributed by atoms with Gasteiger partial charge in [0.05, 0.1) is 18.1 Å². The van der Waals surface area contributed by atoms with Gasteiger partial charge >= 0.3 is 5.97 Å². The Labute approximate surface area is 100 Å². The van der Waals surface area contributed by atoms with Crippen LogP contribution < -0.4 is 0 Å². The van der Waals surface area contributed by atoms with E-state index in [2.05, 4.69) is 26.8 Å². The quantitative estimate of drug-likeness (QED) is 0.823. The number of H-pyrrole nitrogens is 1. The van der Waals surface area contributed by atoms with Gasteiger partial charge < -0.3 is 9.72 Å². The number of esters is 1. The number of benzene rings is 1. The van der Waals surface area contributed by atoms with Crippen molar-refractivity contribution < 1.29 is 9.53 Å². The van der Waals surface area contributed by atoms with Crippen LogP contribution in [-0.4, -0.2) is 23.0 Å². The maximum absolute atomic E-state index is 11.0. The van der Waals surface area contributed by atoms with Crippen LogP contribution in [0.1, 0.15) is 24.2 Å². The lowest BCUT2D eigenvalue weighted by Gasteiger charge is -2.01. The van der Waals surface area contributed by atoms with Crippen LogP contribution in [0.2, 0.25) is 0 Å². The van der Waals surface area contributed by atoms with Gasteiger partial charge in [-0.1, -0.05) is 6.07 Å². The number of carbonyl (C=O) groups excluding carboxylic acids is 1. The van der Waals surface area contributed by atoms with Gasteiger partial charge in [0.1, 0.15) is 5.82 Å². The summed E-state index contributed by atoms with van der Waals surface area (Å²) in [5.74, 6) is 0.773. The monoisotopic (exact) mass is 232 g/mol. The number of nitrogens with one attached hydrogen (secondary N) is 1. The molecule has 0 spiro atoms. The molecule has 2 aromatic rings. The molecule has 0 amide bonds. The summed E-state index contributed by atoms with van der Waals surface area (Å²) >= 11 is 0. The molecule has 1 aromatic heterocycles. The van der Waals surface area contributed by atoms with Crippen LogP contribution in [0.25, 0.3) is 11.0 Å². The van der Waals surface area contributed by atoms with Gasteiger partial charge in [-0.15, -0.1) is 0 Å². The van der Waals surface area contributed by atoms with Gasteiger partial charge in [-0.05, 0) is 37.5 Å². The van der Waals surface area contributed by atoms with Crippen LogP contribution in [-0.2, 0) is 16.0 Å². The molecule has 0 saturated carbocycles. The average molecular weight is 232 g/mol. The predicted molar refractivity (Wildman–Crippen MR) is 65.8 cm³/mol. The minimum Gasteiger partial charge on any atom is -0.469 e. The van der Waals surface area contributed by atoms with Gasteiger partial charge in [-0.2, -0.15) is 0 Å². The standard InChI is InChI=1S/C13H16N2O2/c1-9-14-11-7-6-10(8-12(11)15-9)4-3-5-13(16)17-2/h6-8H,3-5H2,1-2H3,(H,14,15). The van der Waals surface area contributed by atoms with E-state index < -0.39 is 0 Å². The third-order valence-corrected chi connectivity index (χ3v) is 2.74. The highest BCUT2D eigenvalue weighted by atomic mass is 16.5. The number of aromatic nitrogens is 2. The molecular formula is C13H16N2O2. The first-order valence-electron chi connectivity index (χ1n) is 5.71. The van der Waals surface area contributed by atoms with Crippen molar-refractivity contribution in [3.63, 3.8) is 0 Å². The average Bonchev–Trinajstić information content (AvgIpc) is 2.68. The molecule has 1 heterocycles. The van der Waals surface area contributed by atoms with E-state index in [0.717, 1.165) is 29.7 Å². The van der Waals surface area contributed by atoms with Crippen molar-refractivity contribution in [3.05, 3.63) is 29.6 Å². The van der Waals surface area contributed by atoms with Gasteiger partial charge in [0.2, 0.25) is 0 Å². The molecule has 0 radical (unpaired) electrons. The van der Waals surface area contributed by atoms with E-state index in [9.17, 15) is 4.79 Å². The summed E-state index contributed by atoms with van der Waals surface area (Å²) in [5.41, 5.74) is 3.25. The highest BCUT2D eigenvalue weighted by Gasteiger charge is 2.03. The van der Waals surface area contributed by atoms with E-state index in [4.69, 9.17) is 0 Å². The van der Waals surface area contributed by atoms with Gasteiger partial charge in [0, 0.05) is 6.42 Å². The zero-order chi connectivity index (χ0) is 12.3. The van der Waals surface area contributed by atoms with E-state index in [0.29, 0.717) is 6.42 Å². The van der Waals surface area contributed by atoms with Crippen LogP contribution in [0, 0.1) is 6.92 Å². The van der Waals surface area contributed by atoms with Crippen molar-refractivity contribution in [1.29, 1.82) is 0 Å². The van der Waals surface area contributed by atoms with Crippen molar-refractivity contribution in [2.45, 2.75) is 26.2 Å². The molecule has 2 rings (SSSR count). The summed E-state index contributed by atoms with van der Waals surface area (Å²) in [7, 11) is 1.42. The Kier molecular flexibility index (Phi) is 3.42. The van der Waals surface area contributed by atoms with Crippen molar-refractivity contribution in [3.8, 4) is 0 Å². The summed E-state index contributed by atoms with van der Waals surface area (Å²) in [6.45, 7) is 1.94. The number of aryl methyl sites for hydroxylation is 2. The molecule has 0 bridgehead atoms. The fraction of sp³-hybridized carbons (Fsp3) is 0.385. The number of imidazole rings is 1. The van der Waals surface area contributed by atoms with Gasteiger partial charge in [0.25, 0.3) is 0 Å². The fourth-order valence-electron chi connectivity index (χ4n) is 1.88. The smallest absolute Gasteiger partial charge is 0.305 e. The number of aromatic amines is 1. The lowest BCUT2D eigenvalue weighted by molar-refractivity contribution is -0.140. The number of carbonyl (C=O) groups is 1. The van der Waals surface area contributed by atoms with Gasteiger partial charge in [-0.25, -0.2) is 4.98 Å². The second-order valence-electron chi connectivity index (χ2n) is 4.10. The number of hydrogen-bond acceptors (Lipinski definition) is 3. The Morgan fingerprint density at radius 3 is 3.06 bits per heavy atom. The molecule has 90 valence electrons. The van der Waals surface area contributed by atoms with E-state index >= 15 is 0 Å². The molecule has 4 nitrogen and oxygen atoms in total. The SMILES string of the molecule is COC(=O)CCCc1ccc2nc(C)[nH]c2c1. The molecule has 1 N–H and O–H groups in total. The Bertz CT molecular complexity index is 531. The molecule has 0 aliphatic heterocycles. The topological polar surface area (TPSA) is 55.0 Å². The summed E-state index contributed by atoms with van der Waals surface area (Å²) in [4.78, 5) is 18.5. The lowest BCUT2D eigenvalue weighted by atomic mass is 10.1. The second-order valence-corrected chi connectivity index (χ2v) is 4.10. The normalized spacial score (nSPS) is 10.7. The maximum atomic E-state index is 11.0. The summed E-state index contributed by atoms with van der Waals surface area (Å²) < 4.78 is 4.61. The minimum atomic E-state index is -0.150. The number of ether oxygens (including phenoxy) is 1. The number of fused-ring (bicyclic) bond motifs is 1. The molecule has 4 heteroatoms. The summed E-state index contributed by atoms with van der Waals surface area (Å²) in [5, 5.41) is 0. The van der Waals surface area contributed by atoms with Gasteiger partial charge in [-0.3, -0.25) is 4.79 Å². The Morgan fingerprint density at radius 1 is 1.47 bits per heavy atom. The lowest BCUT2D eigenvalue weighted by Crippen LogP contribution is -2.00. The van der Waals surface area contributed by atoms with E-state index in [1.165, 1.54) is 12.7 Å². The Balaban J connectivity index is 2.01. The highest BCUT2D eigenvalue weighted by Crippen LogP contribution is 2.15. The van der Waals surface area contributed by atoms with Crippen LogP contribution in [0.3, 0.4) is 0 Å². The number of rotatable bonds is 4. The molecule has 0 saturated heterocycles. The predicted octanol–water partition coefficient (Wildman–Crippen LogP) is 2.37. The highest BCUT2D eigenvalue weighted by molar-refractivity contribution is 5.75. The first-order chi connectivity index (χ1) is 8.19. The Morgan fingerprint density at radius 2 is 2.29 bits per heavy atom. The molecule has 0 aliphatic carbocycles. The van der Waals surface area contributed by atoms with Crippen LogP contribution >= 0.6 is 0 Å². The van der Waals surface area contributed by atoms with Crippen molar-refractivity contribution in [2.24, 2.45) is 0 Å². The fourth-order valence-corrected chi connectivity index (χ4v) is 1.88. The van der Waals surface area contributed by atoms with Crippen molar-refractivity contribution >= 4 is 17.0 Å². The van der Waals surface area contributed by atoms with Crippen molar-refractivity contribution in [2.75, 3.05) is 7.11 Å². The molecular weight excluding hydrogens is 216 g/mol. The molecule has 0 atom stereocenters. The first kappa shape index (κ1) is 11.6. The number of methoxy groups -OCH3 is 1. The van der Waals surface area contributed by atoms with E-state index in [-0.39, 0.29) is 5.97 Å². The first-order valence-corrected chi connectivity index (χ1v) is 5.71. The molecule has 0 unspecified atom stereocenters. The van der Waals surface area contributed by atoms with E-state index in [1.807, 2.05) is 13.0 Å². The largest absolute Gasteiger partial charge is 0.469 e. The Hall–Kier alpha value is -1.84. The third kappa shape index (κ3) is 2.84. The van der Waals surface area contributed by atoms with Crippen LogP contribution in [0.5, 0.6) is 0 Å². The summed E-state index contributed by atoms with van der Waals surface area (Å²) in [6, 6.07) is 6.15. The third-order valence-electron chi connectivity index (χ3n) is 2.74. The maximum Gasteiger partial charge on any atom is 0.305 e. The molecule has 1 aromatic carbocycles. The summed E-state index contributed by atoms with van der Waals surface area (Å²) in [6.07, 6.45) is 2.16. The van der Waals surface area contributed by atoms with Crippen LogP contribution in [0.15, 0.2) is 18.2 Å². The van der Waals surface area contributed by atoms with Crippen molar-refractivity contribution in [1.82, 2.24) is 9.97 Å². The van der Waals surface area contributed by atoms with Crippen LogP contribution in [0.4, 0.5) is 0 Å². The zero-order valence-electron chi connectivity index (χ0n) is 10.1. The minimum absolute atomic E-state index is 0.150. The molecule has 17 heavy (non-hydrogen) atoms. The zero-order valence-corrected chi connectivity index (χ0v) is 10.1. The van der Waals surface area contributed by atoms with Gasteiger partial charge in [0.15, 0.2) is 0 Å². The second kappa shape index (κ2) is 4.99. The molecule has 0 fully saturated rings. The number of nitrogens with zero attached hydrogens (tertiary/aromatic N) is 1. The number of hydrogen-bond donors (Lipinski definition) is 1. The van der Waals surface area contributed by atoms with E-state index in [1.54, 1.807) is 0 Å².